The number of hydrogen-bond donors (Lipinski definition) is 3. The van der Waals surface area contributed by atoms with Crippen LogP contribution in [0.15, 0.2) is 55.0 Å². The maximum Gasteiger partial charge on any atom is 0.327 e. The molecule has 2 aliphatic rings. The van der Waals surface area contributed by atoms with Crippen molar-refractivity contribution in [2.75, 3.05) is 27.3 Å². The zero-order chi connectivity index (χ0) is 44.0. The largest absolute Gasteiger partial charge is 0.464 e. The summed E-state index contributed by atoms with van der Waals surface area (Å²) in [7, 11) is 3.28. The predicted octanol–water partition coefficient (Wildman–Crippen LogP) is 6.52. The maximum atomic E-state index is 14.7. The van der Waals surface area contributed by atoms with E-state index in [1.54, 1.807) is 33.6 Å². The number of fused-ring (bicyclic) bond motifs is 8. The van der Waals surface area contributed by atoms with Crippen LogP contribution in [0, 0.1) is 11.3 Å². The number of benzene rings is 2. The first-order chi connectivity index (χ1) is 29.0. The number of imidazole rings is 1. The molecule has 1 saturated heterocycles. The molecule has 5 heterocycles. The molecule has 61 heavy (non-hydrogen) atoms. The molecule has 0 radical (unpaired) electrons. The number of amides is 3. The van der Waals surface area contributed by atoms with Crippen LogP contribution in [0.5, 0.6) is 0 Å². The first-order valence-corrected chi connectivity index (χ1v) is 21.4. The van der Waals surface area contributed by atoms with E-state index in [9.17, 15) is 19.2 Å². The third-order valence-electron chi connectivity index (χ3n) is 12.5. The van der Waals surface area contributed by atoms with Crippen LogP contribution in [0.1, 0.15) is 91.2 Å². The van der Waals surface area contributed by atoms with E-state index in [-0.39, 0.29) is 31.0 Å². The average molecular weight is 833 g/mol. The SMILES string of the molecule is CCn1c(-c2cccnc2[C@H](C)OC)c2c3cc(ccc31)-c1cc(cc3[nH]cnc13)C[C@H](NC(=O)[C@H](C(C)C)N(C)C(C)=O)C(=O)N1CCC[C@@](C)(N1)C(=O)OCC(C)(C)C2. The Bertz CT molecular complexity index is 2490. The zero-order valence-corrected chi connectivity index (χ0v) is 37.1. The van der Waals surface area contributed by atoms with E-state index in [0.717, 1.165) is 61.1 Å². The standard InChI is InChI=1S/C47H60N8O6/c1-11-54-38-16-15-31-23-34(38)35(42(54)32-14-12-18-48-39(32)28(4)60-10)24-46(6,7)25-61-45(59)47(8)17-13-19-55(52-47)44(58)37(51-43(57)41(27(2)3)53(9)29(5)56)22-30-20-33(31)40-36(21-30)49-26-50-40/h12,14-16,18,20-21,23,26-28,37,41,52H,11,13,17,19,22,24-25H2,1-10H3,(H,49,50)(H,51,57)/t28-,37-,41-,47+/m0/s1. The smallest absolute Gasteiger partial charge is 0.327 e. The Hall–Kier alpha value is -5.60. The van der Waals surface area contributed by atoms with Gasteiger partial charge in [0.15, 0.2) is 0 Å². The highest BCUT2D eigenvalue weighted by molar-refractivity contribution is 5.99. The molecular weight excluding hydrogens is 773 g/mol. The van der Waals surface area contributed by atoms with Gasteiger partial charge in [-0.1, -0.05) is 33.8 Å². The van der Waals surface area contributed by atoms with Crippen molar-refractivity contribution < 1.29 is 28.7 Å². The summed E-state index contributed by atoms with van der Waals surface area (Å²) in [6.45, 7) is 16.4. The Labute approximate surface area is 357 Å². The number of hydrogen-bond acceptors (Lipinski definition) is 9. The van der Waals surface area contributed by atoms with E-state index in [2.05, 4.69) is 65.3 Å². The van der Waals surface area contributed by atoms with Gasteiger partial charge in [-0.2, -0.15) is 0 Å². The summed E-state index contributed by atoms with van der Waals surface area (Å²) >= 11 is 0. The van der Waals surface area contributed by atoms with Gasteiger partial charge in [-0.05, 0) is 99.0 Å². The van der Waals surface area contributed by atoms with Crippen molar-refractivity contribution >= 4 is 45.6 Å². The van der Waals surface area contributed by atoms with Gasteiger partial charge in [0.05, 0.1) is 41.5 Å². The molecule has 0 unspecified atom stereocenters. The number of likely N-dealkylation sites (N-methyl/N-ethyl adjacent to an activating group) is 1. The predicted molar refractivity (Wildman–Crippen MR) is 235 cm³/mol. The first kappa shape index (κ1) is 43.5. The van der Waals surface area contributed by atoms with Crippen LogP contribution in [0.25, 0.3) is 44.3 Å². The lowest BCUT2D eigenvalue weighted by atomic mass is 9.84. The van der Waals surface area contributed by atoms with E-state index in [0.29, 0.717) is 32.4 Å². The summed E-state index contributed by atoms with van der Waals surface area (Å²) in [5.74, 6) is -1.80. The Morgan fingerprint density at radius 1 is 1.08 bits per heavy atom. The highest BCUT2D eigenvalue weighted by Crippen LogP contribution is 2.42. The second-order valence-corrected chi connectivity index (χ2v) is 18.1. The van der Waals surface area contributed by atoms with Gasteiger partial charge in [0.2, 0.25) is 11.8 Å². The number of H-pyrrole nitrogens is 1. The van der Waals surface area contributed by atoms with Gasteiger partial charge in [0.25, 0.3) is 5.91 Å². The topological polar surface area (TPSA) is 164 Å². The Kier molecular flexibility index (Phi) is 12.2. The molecule has 4 atom stereocenters. The van der Waals surface area contributed by atoms with Crippen LogP contribution in [-0.2, 0) is 48.0 Å². The Morgan fingerprint density at radius 2 is 1.85 bits per heavy atom. The number of carbonyl (C=O) groups is 4. The number of nitrogens with one attached hydrogen (secondary N) is 3. The lowest BCUT2D eigenvalue weighted by molar-refractivity contribution is -0.162. The second kappa shape index (κ2) is 17.0. The summed E-state index contributed by atoms with van der Waals surface area (Å²) in [6, 6.07) is 12.7. The number of carbonyl (C=O) groups excluding carboxylic acids is 4. The summed E-state index contributed by atoms with van der Waals surface area (Å²) in [5.41, 5.74) is 10.6. The monoisotopic (exact) mass is 832 g/mol. The van der Waals surface area contributed by atoms with Crippen molar-refractivity contribution in [2.24, 2.45) is 11.3 Å². The van der Waals surface area contributed by atoms with Crippen molar-refractivity contribution in [3.63, 3.8) is 0 Å². The van der Waals surface area contributed by atoms with Gasteiger partial charge in [0.1, 0.15) is 17.6 Å². The zero-order valence-electron chi connectivity index (χ0n) is 37.1. The van der Waals surface area contributed by atoms with Crippen LogP contribution < -0.4 is 10.7 Å². The minimum Gasteiger partial charge on any atom is -0.464 e. The molecule has 1 fully saturated rings. The summed E-state index contributed by atoms with van der Waals surface area (Å²) in [4.78, 5) is 69.9. The molecule has 0 saturated carbocycles. The molecule has 2 aliphatic heterocycles. The minimum atomic E-state index is -1.21. The van der Waals surface area contributed by atoms with Gasteiger partial charge in [-0.3, -0.25) is 24.4 Å². The number of methoxy groups -OCH3 is 1. The molecule has 3 amide bonds. The summed E-state index contributed by atoms with van der Waals surface area (Å²) in [5, 5.41) is 5.54. The molecule has 5 aromatic rings. The molecule has 7 rings (SSSR count). The Balaban J connectivity index is 1.44. The van der Waals surface area contributed by atoms with Crippen molar-refractivity contribution in [1.29, 1.82) is 0 Å². The van der Waals surface area contributed by atoms with Gasteiger partial charge < -0.3 is 29.2 Å². The number of aromatic amines is 1. The van der Waals surface area contributed by atoms with E-state index in [1.165, 1.54) is 16.8 Å². The number of aryl methyl sites for hydroxylation is 1. The molecule has 6 bridgehead atoms. The van der Waals surface area contributed by atoms with Gasteiger partial charge >= 0.3 is 5.97 Å². The average Bonchev–Trinajstić information content (AvgIpc) is 3.83. The molecule has 2 aromatic carbocycles. The lowest BCUT2D eigenvalue weighted by Crippen LogP contribution is -2.66. The lowest BCUT2D eigenvalue weighted by Gasteiger charge is -2.41. The molecule has 0 spiro atoms. The van der Waals surface area contributed by atoms with Crippen LogP contribution in [0.2, 0.25) is 0 Å². The van der Waals surface area contributed by atoms with Gasteiger partial charge in [0, 0.05) is 74.2 Å². The minimum absolute atomic E-state index is 0.123. The fourth-order valence-corrected chi connectivity index (χ4v) is 9.17. The molecule has 14 nitrogen and oxygen atoms in total. The normalized spacial score (nSPS) is 20.6. The third-order valence-corrected chi connectivity index (χ3v) is 12.5. The van der Waals surface area contributed by atoms with Crippen LogP contribution in [0.3, 0.4) is 0 Å². The third kappa shape index (κ3) is 8.39. The number of rotatable bonds is 8. The Morgan fingerprint density at radius 3 is 2.56 bits per heavy atom. The second-order valence-electron chi connectivity index (χ2n) is 18.1. The van der Waals surface area contributed by atoms with E-state index < -0.39 is 40.8 Å². The fraction of sp³-hybridized carbons (Fsp3) is 0.489. The molecule has 3 aromatic heterocycles. The van der Waals surface area contributed by atoms with Crippen LogP contribution >= 0.6 is 0 Å². The fourth-order valence-electron chi connectivity index (χ4n) is 9.17. The molecule has 324 valence electrons. The van der Waals surface area contributed by atoms with Crippen molar-refractivity contribution in [3.05, 3.63) is 71.8 Å². The number of esters is 1. The van der Waals surface area contributed by atoms with Gasteiger partial charge in [-0.25, -0.2) is 15.2 Å². The van der Waals surface area contributed by atoms with Crippen molar-refractivity contribution in [1.82, 2.24) is 40.2 Å². The number of hydrazine groups is 1. The highest BCUT2D eigenvalue weighted by atomic mass is 16.5. The number of nitrogens with zero attached hydrogens (tertiary/aromatic N) is 5. The molecule has 0 aliphatic carbocycles. The van der Waals surface area contributed by atoms with E-state index >= 15 is 0 Å². The van der Waals surface area contributed by atoms with Crippen LogP contribution in [-0.4, -0.2) is 98.1 Å². The van der Waals surface area contributed by atoms with Crippen LogP contribution in [0.4, 0.5) is 0 Å². The number of pyridine rings is 1. The molecule has 14 heteroatoms. The maximum absolute atomic E-state index is 14.7. The highest BCUT2D eigenvalue weighted by Gasteiger charge is 2.43. The van der Waals surface area contributed by atoms with Crippen molar-refractivity contribution in [3.8, 4) is 22.4 Å². The number of ether oxygens (including phenoxy) is 2. The van der Waals surface area contributed by atoms with Crippen molar-refractivity contribution in [2.45, 2.75) is 111 Å². The molecule has 3 N–H and O–H groups in total. The van der Waals surface area contributed by atoms with E-state index in [1.807, 2.05) is 39.0 Å². The number of cyclic esters (lactones) is 1. The van der Waals surface area contributed by atoms with Gasteiger partial charge in [-0.15, -0.1) is 0 Å². The number of aromatic nitrogens is 4. The van der Waals surface area contributed by atoms with E-state index in [4.69, 9.17) is 19.4 Å². The first-order valence-electron chi connectivity index (χ1n) is 21.4. The quantitative estimate of drug-likeness (QED) is 0.148. The summed E-state index contributed by atoms with van der Waals surface area (Å²) < 4.78 is 14.4. The summed E-state index contributed by atoms with van der Waals surface area (Å²) in [6.07, 6.45) is 4.88. The molecular formula is C47H60N8O6.